The molecule has 3 rings (SSSR count). The molecular formula is C12H9ClFN5. The van der Waals surface area contributed by atoms with Crippen molar-refractivity contribution in [2.75, 3.05) is 5.73 Å². The van der Waals surface area contributed by atoms with Crippen molar-refractivity contribution < 1.29 is 4.39 Å². The second kappa shape index (κ2) is 4.17. The van der Waals surface area contributed by atoms with Crippen LogP contribution in [0.15, 0.2) is 24.3 Å². The molecular weight excluding hydrogens is 269 g/mol. The summed E-state index contributed by atoms with van der Waals surface area (Å²) in [5.41, 5.74) is 7.24. The van der Waals surface area contributed by atoms with E-state index in [1.165, 1.54) is 16.7 Å². The first-order chi connectivity index (χ1) is 9.06. The molecule has 96 valence electrons. The quantitative estimate of drug-likeness (QED) is 0.694. The molecule has 2 N–H and O–H groups in total. The second-order valence-corrected chi connectivity index (χ2v) is 4.38. The molecule has 2 heterocycles. The number of anilines is 1. The van der Waals surface area contributed by atoms with Crippen molar-refractivity contribution >= 4 is 28.7 Å². The lowest BCUT2D eigenvalue weighted by Gasteiger charge is -2.07. The number of hydrogen-bond donors (Lipinski definition) is 1. The van der Waals surface area contributed by atoms with Gasteiger partial charge in [-0.1, -0.05) is 17.7 Å². The van der Waals surface area contributed by atoms with Crippen LogP contribution in [0, 0.1) is 12.7 Å². The fourth-order valence-corrected chi connectivity index (χ4v) is 2.23. The molecule has 0 amide bonds. The maximum absolute atomic E-state index is 13.3. The zero-order chi connectivity index (χ0) is 13.6. The summed E-state index contributed by atoms with van der Waals surface area (Å²) in [6.07, 6.45) is 0. The van der Waals surface area contributed by atoms with Crippen LogP contribution in [0.4, 0.5) is 10.3 Å². The lowest BCUT2D eigenvalue weighted by molar-refractivity contribution is 0.627. The summed E-state index contributed by atoms with van der Waals surface area (Å²) in [7, 11) is 0. The van der Waals surface area contributed by atoms with Crippen LogP contribution >= 0.6 is 11.6 Å². The van der Waals surface area contributed by atoms with Gasteiger partial charge in [0, 0.05) is 0 Å². The number of aryl methyl sites for hydroxylation is 1. The van der Waals surface area contributed by atoms with Crippen LogP contribution in [0.1, 0.15) is 5.82 Å². The van der Waals surface area contributed by atoms with Gasteiger partial charge in [-0.15, -0.1) is 0 Å². The second-order valence-electron chi connectivity index (χ2n) is 4.02. The molecule has 0 fully saturated rings. The molecule has 1 aromatic carbocycles. The third kappa shape index (κ3) is 1.90. The smallest absolute Gasteiger partial charge is 0.207 e. The minimum absolute atomic E-state index is 0.183. The van der Waals surface area contributed by atoms with Gasteiger partial charge in [-0.2, -0.15) is 4.98 Å². The Morgan fingerprint density at radius 3 is 2.79 bits per heavy atom. The SMILES string of the molecule is Cc1nc(Cl)c2c(n1)nc(N)n2-c1cccc(F)c1. The number of benzene rings is 1. The largest absolute Gasteiger partial charge is 0.369 e. The van der Waals surface area contributed by atoms with Crippen molar-refractivity contribution in [2.24, 2.45) is 0 Å². The Balaban J connectivity index is 2.38. The van der Waals surface area contributed by atoms with Crippen LogP contribution in [-0.2, 0) is 0 Å². The van der Waals surface area contributed by atoms with Crippen molar-refractivity contribution in [3.8, 4) is 5.69 Å². The molecule has 0 radical (unpaired) electrons. The predicted octanol–water partition coefficient (Wildman–Crippen LogP) is 2.50. The molecule has 0 atom stereocenters. The normalized spacial score (nSPS) is 11.1. The predicted molar refractivity (Wildman–Crippen MR) is 70.8 cm³/mol. The summed E-state index contributed by atoms with van der Waals surface area (Å²) in [5, 5.41) is 0.232. The first-order valence-corrected chi connectivity index (χ1v) is 5.88. The molecule has 0 aliphatic carbocycles. The van der Waals surface area contributed by atoms with Crippen molar-refractivity contribution in [2.45, 2.75) is 6.92 Å². The number of nitrogens with zero attached hydrogens (tertiary/aromatic N) is 4. The summed E-state index contributed by atoms with van der Waals surface area (Å²) < 4.78 is 14.8. The van der Waals surface area contributed by atoms with Crippen molar-refractivity contribution in [1.82, 2.24) is 19.5 Å². The highest BCUT2D eigenvalue weighted by molar-refractivity contribution is 6.33. The molecule has 0 aliphatic rings. The molecule has 19 heavy (non-hydrogen) atoms. The zero-order valence-electron chi connectivity index (χ0n) is 9.93. The zero-order valence-corrected chi connectivity index (χ0v) is 10.7. The molecule has 0 bridgehead atoms. The number of aromatic nitrogens is 4. The van der Waals surface area contributed by atoms with E-state index < -0.39 is 0 Å². The van der Waals surface area contributed by atoms with Gasteiger partial charge >= 0.3 is 0 Å². The van der Waals surface area contributed by atoms with Gasteiger partial charge < -0.3 is 5.73 Å². The van der Waals surface area contributed by atoms with Gasteiger partial charge in [0.1, 0.15) is 17.2 Å². The average Bonchev–Trinajstić information content (AvgIpc) is 2.65. The first kappa shape index (κ1) is 11.9. The Morgan fingerprint density at radius 1 is 1.26 bits per heavy atom. The Bertz CT molecular complexity index is 783. The first-order valence-electron chi connectivity index (χ1n) is 5.50. The Labute approximate surface area is 112 Å². The lowest BCUT2D eigenvalue weighted by atomic mass is 10.3. The molecule has 0 aliphatic heterocycles. The number of hydrogen-bond acceptors (Lipinski definition) is 4. The molecule has 3 aromatic rings. The van der Waals surface area contributed by atoms with Crippen LogP contribution < -0.4 is 5.73 Å². The van der Waals surface area contributed by atoms with E-state index in [4.69, 9.17) is 17.3 Å². The highest BCUT2D eigenvalue weighted by Crippen LogP contribution is 2.27. The summed E-state index contributed by atoms with van der Waals surface area (Å²) >= 11 is 6.11. The van der Waals surface area contributed by atoms with E-state index in [0.717, 1.165) is 0 Å². The van der Waals surface area contributed by atoms with E-state index in [-0.39, 0.29) is 16.9 Å². The number of rotatable bonds is 1. The molecule has 0 saturated heterocycles. The van der Waals surface area contributed by atoms with E-state index >= 15 is 0 Å². The number of nitrogens with two attached hydrogens (primary N) is 1. The molecule has 0 spiro atoms. The Kier molecular flexibility index (Phi) is 2.60. The van der Waals surface area contributed by atoms with Crippen molar-refractivity contribution in [3.05, 3.63) is 41.1 Å². The number of fused-ring (bicyclic) bond motifs is 1. The summed E-state index contributed by atoms with van der Waals surface area (Å²) in [5.74, 6) is 0.312. The maximum Gasteiger partial charge on any atom is 0.207 e. The average molecular weight is 278 g/mol. The lowest BCUT2D eigenvalue weighted by Crippen LogP contribution is -2.01. The number of nitrogen functional groups attached to an aromatic ring is 1. The fraction of sp³-hybridized carbons (Fsp3) is 0.0833. The van der Waals surface area contributed by atoms with Crippen LogP contribution in [0.2, 0.25) is 5.15 Å². The minimum atomic E-state index is -0.372. The monoisotopic (exact) mass is 277 g/mol. The molecule has 0 unspecified atom stereocenters. The van der Waals surface area contributed by atoms with Gasteiger partial charge in [0.15, 0.2) is 10.8 Å². The third-order valence-electron chi connectivity index (χ3n) is 2.67. The molecule has 7 heteroatoms. The minimum Gasteiger partial charge on any atom is -0.369 e. The van der Waals surface area contributed by atoms with E-state index in [2.05, 4.69) is 15.0 Å². The highest BCUT2D eigenvalue weighted by atomic mass is 35.5. The molecule has 2 aromatic heterocycles. The van der Waals surface area contributed by atoms with Gasteiger partial charge in [-0.25, -0.2) is 14.4 Å². The van der Waals surface area contributed by atoms with E-state index in [9.17, 15) is 4.39 Å². The van der Waals surface area contributed by atoms with Gasteiger partial charge in [-0.05, 0) is 25.1 Å². The van der Waals surface area contributed by atoms with Crippen LogP contribution in [0.5, 0.6) is 0 Å². The van der Waals surface area contributed by atoms with Crippen LogP contribution in [0.3, 0.4) is 0 Å². The molecule has 5 nitrogen and oxygen atoms in total. The van der Waals surface area contributed by atoms with Gasteiger partial charge in [0.2, 0.25) is 5.95 Å². The topological polar surface area (TPSA) is 69.6 Å². The standard InChI is InChI=1S/C12H9ClFN5/c1-6-16-10(13)9-11(17-6)18-12(15)19(9)8-4-2-3-7(14)5-8/h2-5H,1H3,(H2,15,16,17,18). The third-order valence-corrected chi connectivity index (χ3v) is 2.94. The summed E-state index contributed by atoms with van der Waals surface area (Å²) in [6.45, 7) is 1.71. The van der Waals surface area contributed by atoms with Gasteiger partial charge in [-0.3, -0.25) is 4.57 Å². The number of halogens is 2. The summed E-state index contributed by atoms with van der Waals surface area (Å²) in [6, 6.07) is 5.98. The Morgan fingerprint density at radius 2 is 2.05 bits per heavy atom. The summed E-state index contributed by atoms with van der Waals surface area (Å²) in [4.78, 5) is 12.4. The van der Waals surface area contributed by atoms with E-state index in [1.54, 1.807) is 19.1 Å². The van der Waals surface area contributed by atoms with Crippen molar-refractivity contribution in [1.29, 1.82) is 0 Å². The van der Waals surface area contributed by atoms with Gasteiger partial charge in [0.05, 0.1) is 5.69 Å². The fourth-order valence-electron chi connectivity index (χ4n) is 1.94. The number of imidazole rings is 1. The maximum atomic E-state index is 13.3. The van der Waals surface area contributed by atoms with E-state index in [1.807, 2.05) is 0 Å². The van der Waals surface area contributed by atoms with Crippen LogP contribution in [-0.4, -0.2) is 19.5 Å². The van der Waals surface area contributed by atoms with E-state index in [0.29, 0.717) is 22.7 Å². The highest BCUT2D eigenvalue weighted by Gasteiger charge is 2.16. The Hall–Kier alpha value is -2.21. The van der Waals surface area contributed by atoms with Crippen molar-refractivity contribution in [3.63, 3.8) is 0 Å². The molecule has 0 saturated carbocycles. The van der Waals surface area contributed by atoms with Crippen LogP contribution in [0.25, 0.3) is 16.9 Å². The van der Waals surface area contributed by atoms with Gasteiger partial charge in [0.25, 0.3) is 0 Å².